The van der Waals surface area contributed by atoms with Crippen LogP contribution in [0.1, 0.15) is 10.4 Å². The number of benzene rings is 1. The molecule has 0 aliphatic rings. The number of carbonyl (C=O) groups excluding carboxylic acids is 2. The lowest BCUT2D eigenvalue weighted by Crippen LogP contribution is -2.41. The Bertz CT molecular complexity index is 486. The molecule has 0 fully saturated rings. The van der Waals surface area contributed by atoms with Crippen LogP contribution in [0.2, 0.25) is 0 Å². The van der Waals surface area contributed by atoms with Crippen LogP contribution in [-0.4, -0.2) is 42.5 Å². The second-order valence-corrected chi connectivity index (χ2v) is 4.72. The molecule has 0 radical (unpaired) electrons. The summed E-state index contributed by atoms with van der Waals surface area (Å²) in [5.74, 6) is -1.13. The summed E-state index contributed by atoms with van der Waals surface area (Å²) in [7, 11) is 0. The summed E-state index contributed by atoms with van der Waals surface area (Å²) < 4.78 is 24.5. The molecule has 1 aromatic carbocycles. The van der Waals surface area contributed by atoms with Crippen LogP contribution in [0.25, 0.3) is 0 Å². The van der Waals surface area contributed by atoms with Gasteiger partial charge in [-0.3, -0.25) is 9.59 Å². The number of aliphatic hydroxyl groups excluding tert-OH is 1. The SMILES string of the molecule is O=C(CNC(=O)c1ccccc1Br)NCC(O)C(F)F. The van der Waals surface area contributed by atoms with Crippen molar-refractivity contribution < 1.29 is 23.5 Å². The number of hydrogen-bond acceptors (Lipinski definition) is 3. The Morgan fingerprint density at radius 1 is 1.25 bits per heavy atom. The van der Waals surface area contributed by atoms with Crippen LogP contribution in [0.3, 0.4) is 0 Å². The summed E-state index contributed by atoms with van der Waals surface area (Å²) in [4.78, 5) is 23.0. The van der Waals surface area contributed by atoms with Crippen molar-refractivity contribution in [1.29, 1.82) is 0 Å². The van der Waals surface area contributed by atoms with Gasteiger partial charge in [-0.05, 0) is 28.1 Å². The predicted molar refractivity (Wildman–Crippen MR) is 71.5 cm³/mol. The van der Waals surface area contributed by atoms with Gasteiger partial charge in [-0.15, -0.1) is 0 Å². The van der Waals surface area contributed by atoms with E-state index in [0.717, 1.165) is 0 Å². The third-order valence-corrected chi connectivity index (χ3v) is 3.02. The molecular formula is C12H13BrF2N2O3. The monoisotopic (exact) mass is 350 g/mol. The zero-order valence-corrected chi connectivity index (χ0v) is 11.9. The predicted octanol–water partition coefficient (Wildman–Crippen LogP) is 0.921. The molecule has 1 aromatic rings. The molecule has 8 heteroatoms. The van der Waals surface area contributed by atoms with Crippen molar-refractivity contribution in [3.05, 3.63) is 34.3 Å². The molecule has 3 N–H and O–H groups in total. The lowest BCUT2D eigenvalue weighted by Gasteiger charge is -2.11. The van der Waals surface area contributed by atoms with Crippen LogP contribution in [0.4, 0.5) is 8.78 Å². The number of carbonyl (C=O) groups is 2. The van der Waals surface area contributed by atoms with Crippen molar-refractivity contribution >= 4 is 27.7 Å². The molecule has 0 heterocycles. The molecule has 0 saturated carbocycles. The molecule has 0 saturated heterocycles. The van der Waals surface area contributed by atoms with Gasteiger partial charge in [0.1, 0.15) is 6.10 Å². The third kappa shape index (κ3) is 5.22. The van der Waals surface area contributed by atoms with Gasteiger partial charge in [0, 0.05) is 11.0 Å². The van der Waals surface area contributed by atoms with E-state index in [1.165, 1.54) is 0 Å². The van der Waals surface area contributed by atoms with E-state index in [-0.39, 0.29) is 6.54 Å². The Balaban J connectivity index is 2.38. The number of nitrogens with one attached hydrogen (secondary N) is 2. The van der Waals surface area contributed by atoms with Crippen LogP contribution >= 0.6 is 15.9 Å². The highest BCUT2D eigenvalue weighted by molar-refractivity contribution is 9.10. The topological polar surface area (TPSA) is 78.4 Å². The van der Waals surface area contributed by atoms with Crippen LogP contribution in [0.15, 0.2) is 28.7 Å². The average Bonchev–Trinajstić information content (AvgIpc) is 2.42. The fraction of sp³-hybridized carbons (Fsp3) is 0.333. The molecule has 5 nitrogen and oxygen atoms in total. The summed E-state index contributed by atoms with van der Waals surface area (Å²) in [6.07, 6.45) is -4.84. The number of halogens is 3. The molecule has 0 aliphatic heterocycles. The molecule has 1 atom stereocenters. The molecule has 2 amide bonds. The molecule has 20 heavy (non-hydrogen) atoms. The maximum atomic E-state index is 12.0. The minimum absolute atomic E-state index is 0.355. The highest BCUT2D eigenvalue weighted by Gasteiger charge is 2.17. The summed E-state index contributed by atoms with van der Waals surface area (Å²) in [5, 5.41) is 13.2. The summed E-state index contributed by atoms with van der Waals surface area (Å²) in [6, 6.07) is 6.64. The molecule has 0 bridgehead atoms. The molecule has 1 unspecified atom stereocenters. The van der Waals surface area contributed by atoms with E-state index in [2.05, 4.69) is 26.6 Å². The van der Waals surface area contributed by atoms with Gasteiger partial charge in [0.25, 0.3) is 12.3 Å². The second kappa shape index (κ2) is 7.91. The van der Waals surface area contributed by atoms with E-state index in [1.807, 2.05) is 0 Å². The third-order valence-electron chi connectivity index (χ3n) is 2.33. The van der Waals surface area contributed by atoms with Crippen molar-refractivity contribution in [3.63, 3.8) is 0 Å². The number of rotatable bonds is 6. The normalized spacial score (nSPS) is 12.1. The second-order valence-electron chi connectivity index (χ2n) is 3.87. The number of amides is 2. The largest absolute Gasteiger partial charge is 0.385 e. The minimum atomic E-state index is -2.93. The van der Waals surface area contributed by atoms with E-state index < -0.39 is 30.9 Å². The maximum absolute atomic E-state index is 12.0. The summed E-state index contributed by atoms with van der Waals surface area (Å²) in [6.45, 7) is -0.933. The van der Waals surface area contributed by atoms with E-state index in [0.29, 0.717) is 10.0 Å². The zero-order chi connectivity index (χ0) is 15.1. The van der Waals surface area contributed by atoms with E-state index in [9.17, 15) is 18.4 Å². The average molecular weight is 351 g/mol. The van der Waals surface area contributed by atoms with E-state index in [1.54, 1.807) is 24.3 Å². The van der Waals surface area contributed by atoms with Gasteiger partial charge in [0.15, 0.2) is 0 Å². The van der Waals surface area contributed by atoms with E-state index in [4.69, 9.17) is 5.11 Å². The summed E-state index contributed by atoms with van der Waals surface area (Å²) in [5.41, 5.74) is 0.355. The fourth-order valence-electron chi connectivity index (χ4n) is 1.27. The first-order valence-electron chi connectivity index (χ1n) is 5.67. The van der Waals surface area contributed by atoms with E-state index >= 15 is 0 Å². The van der Waals surface area contributed by atoms with Crippen molar-refractivity contribution in [2.75, 3.05) is 13.1 Å². The number of alkyl halides is 2. The zero-order valence-electron chi connectivity index (χ0n) is 10.3. The van der Waals surface area contributed by atoms with Crippen LogP contribution in [0, 0.1) is 0 Å². The summed E-state index contributed by atoms with van der Waals surface area (Å²) >= 11 is 3.19. The molecule has 1 rings (SSSR count). The molecule has 110 valence electrons. The van der Waals surface area contributed by atoms with Crippen LogP contribution in [-0.2, 0) is 4.79 Å². The molecule has 0 aliphatic carbocycles. The standard InChI is InChI=1S/C12H13BrF2N2O3/c13-8-4-2-1-3-7(8)12(20)17-6-10(19)16-5-9(18)11(14)15/h1-4,9,11,18H,5-6H2,(H,16,19)(H,17,20). The van der Waals surface area contributed by atoms with Gasteiger partial charge in [-0.25, -0.2) is 8.78 Å². The first kappa shape index (κ1) is 16.5. The van der Waals surface area contributed by atoms with Gasteiger partial charge < -0.3 is 15.7 Å². The Kier molecular flexibility index (Phi) is 6.53. The van der Waals surface area contributed by atoms with Gasteiger partial charge in [-0.1, -0.05) is 12.1 Å². The van der Waals surface area contributed by atoms with Crippen molar-refractivity contribution in [2.24, 2.45) is 0 Å². The van der Waals surface area contributed by atoms with Crippen molar-refractivity contribution in [2.45, 2.75) is 12.5 Å². The Labute approximate surface area is 122 Å². The van der Waals surface area contributed by atoms with Crippen molar-refractivity contribution in [3.8, 4) is 0 Å². The number of hydrogen-bond donors (Lipinski definition) is 3. The Morgan fingerprint density at radius 3 is 2.50 bits per heavy atom. The minimum Gasteiger partial charge on any atom is -0.385 e. The maximum Gasteiger partial charge on any atom is 0.265 e. The van der Waals surface area contributed by atoms with Crippen LogP contribution in [0.5, 0.6) is 0 Å². The lowest BCUT2D eigenvalue weighted by atomic mass is 10.2. The van der Waals surface area contributed by atoms with Gasteiger partial charge >= 0.3 is 0 Å². The Hall–Kier alpha value is -1.54. The molecule has 0 aromatic heterocycles. The van der Waals surface area contributed by atoms with Gasteiger partial charge in [0.2, 0.25) is 5.91 Å². The van der Waals surface area contributed by atoms with Crippen LogP contribution < -0.4 is 10.6 Å². The first-order chi connectivity index (χ1) is 9.41. The van der Waals surface area contributed by atoms with Gasteiger partial charge in [-0.2, -0.15) is 0 Å². The lowest BCUT2D eigenvalue weighted by molar-refractivity contribution is -0.121. The first-order valence-corrected chi connectivity index (χ1v) is 6.46. The molecular weight excluding hydrogens is 338 g/mol. The van der Waals surface area contributed by atoms with Gasteiger partial charge in [0.05, 0.1) is 12.1 Å². The molecule has 0 spiro atoms. The number of aliphatic hydroxyl groups is 1. The highest BCUT2D eigenvalue weighted by Crippen LogP contribution is 2.15. The fourth-order valence-corrected chi connectivity index (χ4v) is 1.74. The Morgan fingerprint density at radius 2 is 1.90 bits per heavy atom. The smallest absolute Gasteiger partial charge is 0.265 e. The quantitative estimate of drug-likeness (QED) is 0.713. The van der Waals surface area contributed by atoms with Crippen molar-refractivity contribution in [1.82, 2.24) is 10.6 Å². The highest BCUT2D eigenvalue weighted by atomic mass is 79.9.